The molecule has 3 aliphatic rings. The number of nitrogens with zero attached hydrogens (tertiary/aromatic N) is 1. The van der Waals surface area contributed by atoms with Crippen LogP contribution in [-0.4, -0.2) is 171 Å². The monoisotopic (exact) mass is 919 g/mol. The Morgan fingerprint density at radius 1 is 0.812 bits per heavy atom. The highest BCUT2D eigenvalue weighted by Crippen LogP contribution is 2.39. The largest absolute Gasteiger partial charge is 0.491 e. The van der Waals surface area contributed by atoms with E-state index in [9.17, 15) is 44.4 Å². The van der Waals surface area contributed by atoms with E-state index in [0.717, 1.165) is 4.90 Å². The van der Waals surface area contributed by atoms with Crippen molar-refractivity contribution in [2.24, 2.45) is 11.7 Å². The van der Waals surface area contributed by atoms with Crippen LogP contribution in [0.2, 0.25) is 0 Å². The molecule has 0 aromatic heterocycles. The molecule has 1 saturated heterocycles. The number of hydrogen-bond donors (Lipinski definition) is 9. The molecule has 2 aliphatic heterocycles. The number of alkyl carbamates (subject to hydrolysis) is 3. The van der Waals surface area contributed by atoms with E-state index in [4.69, 9.17) is 38.9 Å². The fourth-order valence-electron chi connectivity index (χ4n) is 7.58. The van der Waals surface area contributed by atoms with Crippen LogP contribution in [0.1, 0.15) is 103 Å². The number of nitrogens with two attached hydrogens (primary N) is 1. The Kier molecular flexibility index (Phi) is 17.7. The molecule has 22 nitrogen and oxygen atoms in total. The minimum Gasteiger partial charge on any atom is -0.491 e. The first kappa shape index (κ1) is 54.1. The molecule has 368 valence electrons. The summed E-state index contributed by atoms with van der Waals surface area (Å²) in [6.07, 6.45) is -11.9. The number of carbonyl (C=O) groups is 5. The predicted molar refractivity (Wildman–Crippen MR) is 228 cm³/mol. The van der Waals surface area contributed by atoms with Crippen LogP contribution in [0, 0.1) is 5.92 Å². The molecule has 22 heteroatoms. The Morgan fingerprint density at radius 2 is 1.33 bits per heavy atom. The first-order chi connectivity index (χ1) is 29.1. The van der Waals surface area contributed by atoms with Crippen LogP contribution in [0.25, 0.3) is 0 Å². The Bertz CT molecular complexity index is 1670. The van der Waals surface area contributed by atoms with Crippen LogP contribution >= 0.6 is 0 Å². The number of rotatable bonds is 11. The normalized spacial score (nSPS) is 30.6. The summed E-state index contributed by atoms with van der Waals surface area (Å²) < 4.78 is 40.4. The minimum absolute atomic E-state index is 0.0783. The number of aliphatic hydroxyl groups excluding tert-OH is 3. The van der Waals surface area contributed by atoms with Gasteiger partial charge >= 0.3 is 24.4 Å². The van der Waals surface area contributed by atoms with Crippen molar-refractivity contribution in [2.45, 2.75) is 192 Å². The van der Waals surface area contributed by atoms with E-state index in [2.05, 4.69) is 21.3 Å². The van der Waals surface area contributed by atoms with Gasteiger partial charge in [0.25, 0.3) is 5.91 Å². The first-order valence-corrected chi connectivity index (χ1v) is 21.4. The molecule has 1 aliphatic carbocycles. The van der Waals surface area contributed by atoms with E-state index in [1.807, 2.05) is 0 Å². The topological polar surface area (TPSA) is 308 Å². The average Bonchev–Trinajstić information content (AvgIpc) is 3.10. The van der Waals surface area contributed by atoms with Gasteiger partial charge in [-0.05, 0) is 109 Å². The fourth-order valence-corrected chi connectivity index (χ4v) is 7.58. The lowest BCUT2D eigenvalue weighted by atomic mass is 9.72. The van der Waals surface area contributed by atoms with Gasteiger partial charge in [-0.15, -0.1) is 0 Å². The van der Waals surface area contributed by atoms with Crippen molar-refractivity contribution < 1.29 is 77.6 Å². The lowest BCUT2D eigenvalue weighted by Gasteiger charge is -2.52. The van der Waals surface area contributed by atoms with E-state index in [0.29, 0.717) is 5.76 Å². The van der Waals surface area contributed by atoms with Gasteiger partial charge in [0.2, 0.25) is 0 Å². The molecule has 1 saturated carbocycles. The number of ether oxygens (including phenoxy) is 7. The van der Waals surface area contributed by atoms with Crippen molar-refractivity contribution in [2.75, 3.05) is 26.7 Å². The molecule has 12 atom stereocenters. The number of hydrogen-bond acceptors (Lipinski definition) is 17. The Hall–Kier alpha value is -4.19. The summed E-state index contributed by atoms with van der Waals surface area (Å²) in [5.74, 6) is -1.98. The SMILES string of the molecule is CN(C(=O)OC(C)(C)C)[C@@H]1[C@@H](O)[C@@H](O[C@@H]2[C@@H](O)[C@H](C3OC(CN)=CC[C@H]3NC(=O)OC(C)(C)C)[C@@H](NC(=O)OC(C)(C)C)C[C@H]2NC(=O)[C@@H](O)CNC(=O)OC(C)(C)C)OC[C@]1(C)O. The van der Waals surface area contributed by atoms with Crippen LogP contribution < -0.4 is 27.0 Å². The third-order valence-corrected chi connectivity index (χ3v) is 10.0. The summed E-state index contributed by atoms with van der Waals surface area (Å²) in [4.78, 5) is 67.1. The summed E-state index contributed by atoms with van der Waals surface area (Å²) in [5, 5.41) is 57.4. The maximum atomic E-state index is 13.7. The summed E-state index contributed by atoms with van der Waals surface area (Å²) >= 11 is 0. The van der Waals surface area contributed by atoms with Crippen molar-refractivity contribution in [1.29, 1.82) is 0 Å². The van der Waals surface area contributed by atoms with Gasteiger partial charge in [-0.25, -0.2) is 19.2 Å². The lowest BCUT2D eigenvalue weighted by molar-refractivity contribution is -0.305. The van der Waals surface area contributed by atoms with E-state index in [-0.39, 0.29) is 19.4 Å². The third kappa shape index (κ3) is 16.1. The van der Waals surface area contributed by atoms with Gasteiger partial charge in [0, 0.05) is 19.0 Å². The summed E-state index contributed by atoms with van der Waals surface area (Å²) in [6.45, 7) is 20.0. The highest BCUT2D eigenvalue weighted by Gasteiger charge is 2.56. The molecule has 64 heavy (non-hydrogen) atoms. The average molecular weight is 919 g/mol. The van der Waals surface area contributed by atoms with Crippen molar-refractivity contribution >= 4 is 30.3 Å². The van der Waals surface area contributed by atoms with Gasteiger partial charge in [0.15, 0.2) is 6.29 Å². The van der Waals surface area contributed by atoms with Gasteiger partial charge < -0.3 is 85.5 Å². The van der Waals surface area contributed by atoms with Crippen LogP contribution in [0.5, 0.6) is 0 Å². The Balaban J connectivity index is 2.14. The molecule has 1 unspecified atom stereocenters. The van der Waals surface area contributed by atoms with Gasteiger partial charge in [-0.1, -0.05) is 0 Å². The Labute approximate surface area is 375 Å². The number of nitrogens with one attached hydrogen (secondary N) is 4. The van der Waals surface area contributed by atoms with Gasteiger partial charge in [0.1, 0.15) is 58.2 Å². The number of carbonyl (C=O) groups excluding carboxylic acids is 5. The summed E-state index contributed by atoms with van der Waals surface area (Å²) in [7, 11) is 1.31. The maximum absolute atomic E-state index is 13.7. The van der Waals surface area contributed by atoms with Crippen LogP contribution in [-0.2, 0) is 38.0 Å². The smallest absolute Gasteiger partial charge is 0.410 e. The highest BCUT2D eigenvalue weighted by atomic mass is 16.7. The summed E-state index contributed by atoms with van der Waals surface area (Å²) in [5.41, 5.74) is 0.465. The Morgan fingerprint density at radius 3 is 1.84 bits per heavy atom. The lowest BCUT2D eigenvalue weighted by Crippen LogP contribution is -2.71. The highest BCUT2D eigenvalue weighted by molar-refractivity contribution is 5.82. The number of amides is 5. The van der Waals surface area contributed by atoms with Crippen molar-refractivity contribution in [1.82, 2.24) is 26.2 Å². The minimum atomic E-state index is -1.87. The maximum Gasteiger partial charge on any atom is 0.410 e. The first-order valence-electron chi connectivity index (χ1n) is 21.4. The van der Waals surface area contributed by atoms with Gasteiger partial charge in [-0.2, -0.15) is 0 Å². The van der Waals surface area contributed by atoms with Gasteiger partial charge in [-0.3, -0.25) is 4.79 Å². The number of likely N-dealkylation sites (N-methyl/N-ethyl adjacent to an activating group) is 1. The van der Waals surface area contributed by atoms with E-state index in [1.54, 1.807) is 89.2 Å². The zero-order valence-corrected chi connectivity index (χ0v) is 39.7. The van der Waals surface area contributed by atoms with Crippen molar-refractivity contribution in [3.05, 3.63) is 11.8 Å². The van der Waals surface area contributed by atoms with E-state index < -0.39 is 138 Å². The molecule has 2 heterocycles. The predicted octanol–water partition coefficient (Wildman–Crippen LogP) is 1.24. The molecule has 0 aromatic carbocycles. The van der Waals surface area contributed by atoms with Crippen LogP contribution in [0.4, 0.5) is 19.2 Å². The molecular weight excluding hydrogens is 844 g/mol. The molecule has 0 radical (unpaired) electrons. The third-order valence-electron chi connectivity index (χ3n) is 10.0. The standard InChI is InChI=1S/C42H74N6O16/c1-38(2,3)61-34(53)44-19-25(49)32(52)45-24-17-23(47-36(55)63-40(7,8)9)26(29-22(16-15-21(18-43)59-29)46-35(54)62-39(4,5)6)27(50)30(24)60-33-28(51)31(42(13,57)20-58-33)48(14)37(56)64-41(10,11)12/h15,22-31,33,49-51,57H,16-20,43H2,1-14H3,(H,44,53)(H,45,52)(H,46,54)(H,47,55)/t22-,23+,24-,25+,26-,27+,28-,29?,30+,31-,33-,42+/m1/s1. The molecule has 5 amide bonds. The second-order valence-electron chi connectivity index (χ2n) is 20.7. The molecule has 0 bridgehead atoms. The number of aliphatic hydroxyl groups is 4. The second kappa shape index (κ2) is 21.0. The zero-order valence-electron chi connectivity index (χ0n) is 39.7. The van der Waals surface area contributed by atoms with E-state index >= 15 is 0 Å². The van der Waals surface area contributed by atoms with Crippen molar-refractivity contribution in [3.8, 4) is 0 Å². The molecule has 10 N–H and O–H groups in total. The molecular formula is C42H74N6O16. The molecule has 3 rings (SSSR count). The van der Waals surface area contributed by atoms with Gasteiger partial charge in [0.05, 0.1) is 43.9 Å². The van der Waals surface area contributed by atoms with Crippen LogP contribution in [0.15, 0.2) is 11.8 Å². The van der Waals surface area contributed by atoms with E-state index in [1.165, 1.54) is 14.0 Å². The quantitative estimate of drug-likeness (QED) is 0.132. The molecule has 2 fully saturated rings. The molecule has 0 aromatic rings. The fraction of sp³-hybridized carbons (Fsp3) is 0.833. The van der Waals surface area contributed by atoms with Crippen LogP contribution in [0.3, 0.4) is 0 Å². The van der Waals surface area contributed by atoms with Crippen molar-refractivity contribution in [3.63, 3.8) is 0 Å². The molecule has 0 spiro atoms. The zero-order chi connectivity index (χ0) is 48.9. The summed E-state index contributed by atoms with van der Waals surface area (Å²) in [6, 6.07) is -4.81. The second-order valence-corrected chi connectivity index (χ2v) is 20.7.